The van der Waals surface area contributed by atoms with Crippen LogP contribution in [0.25, 0.3) is 10.4 Å². The monoisotopic (exact) mass is 458 g/mol. The molecule has 2 aromatic rings. The second kappa shape index (κ2) is 9.25. The van der Waals surface area contributed by atoms with E-state index < -0.39 is 30.2 Å². The van der Waals surface area contributed by atoms with Crippen LogP contribution in [0.1, 0.15) is 30.5 Å². The molecular formula is C22H26N4O5S. The average molecular weight is 459 g/mol. The van der Waals surface area contributed by atoms with Gasteiger partial charge in [-0.25, -0.2) is 9.78 Å². The Morgan fingerprint density at radius 2 is 1.97 bits per heavy atom. The number of rotatable bonds is 7. The van der Waals surface area contributed by atoms with Crippen molar-refractivity contribution in [3.63, 3.8) is 0 Å². The van der Waals surface area contributed by atoms with Crippen LogP contribution >= 0.6 is 11.3 Å². The Morgan fingerprint density at radius 1 is 1.25 bits per heavy atom. The maximum Gasteiger partial charge on any atom is 0.405 e. The fraction of sp³-hybridized carbons (Fsp3) is 0.455. The predicted octanol–water partition coefficient (Wildman–Crippen LogP) is 1.74. The van der Waals surface area contributed by atoms with Crippen LogP contribution in [-0.2, 0) is 16.1 Å². The molecule has 2 fully saturated rings. The third-order valence-electron chi connectivity index (χ3n) is 5.93. The minimum atomic E-state index is -1.27. The van der Waals surface area contributed by atoms with Crippen molar-refractivity contribution >= 4 is 29.2 Å². The summed E-state index contributed by atoms with van der Waals surface area (Å²) in [4.78, 5) is 43.6. The predicted molar refractivity (Wildman–Crippen MR) is 118 cm³/mol. The number of aryl methyl sites for hydroxylation is 1. The van der Waals surface area contributed by atoms with Crippen molar-refractivity contribution in [2.75, 3.05) is 6.54 Å². The molecule has 2 heterocycles. The zero-order valence-corrected chi connectivity index (χ0v) is 18.5. The number of benzene rings is 1. The lowest BCUT2D eigenvalue weighted by atomic mass is 10.1. The van der Waals surface area contributed by atoms with E-state index in [0.717, 1.165) is 34.5 Å². The van der Waals surface area contributed by atoms with Gasteiger partial charge in [0.25, 0.3) is 0 Å². The first-order chi connectivity index (χ1) is 15.3. The Labute approximate surface area is 189 Å². The van der Waals surface area contributed by atoms with E-state index in [1.807, 2.05) is 36.7 Å². The minimum absolute atomic E-state index is 0.0182. The van der Waals surface area contributed by atoms with Gasteiger partial charge in [-0.3, -0.25) is 9.59 Å². The topological polar surface area (TPSA) is 132 Å². The highest BCUT2D eigenvalue weighted by Gasteiger charge is 2.45. The first-order valence-electron chi connectivity index (χ1n) is 10.6. The molecule has 4 N–H and O–H groups in total. The van der Waals surface area contributed by atoms with Gasteiger partial charge in [-0.05, 0) is 36.8 Å². The van der Waals surface area contributed by atoms with Crippen LogP contribution in [-0.4, -0.2) is 62.7 Å². The van der Waals surface area contributed by atoms with E-state index in [-0.39, 0.29) is 31.3 Å². The number of aliphatic hydroxyl groups is 1. The van der Waals surface area contributed by atoms with Crippen molar-refractivity contribution in [1.82, 2.24) is 20.5 Å². The maximum absolute atomic E-state index is 13.0. The van der Waals surface area contributed by atoms with Crippen molar-refractivity contribution in [2.24, 2.45) is 5.92 Å². The Bertz CT molecular complexity index is 1000. The first kappa shape index (κ1) is 22.2. The van der Waals surface area contributed by atoms with E-state index in [4.69, 9.17) is 5.11 Å². The molecule has 1 aliphatic carbocycles. The largest absolute Gasteiger partial charge is 0.465 e. The average Bonchev–Trinajstić information content (AvgIpc) is 3.40. The van der Waals surface area contributed by atoms with Crippen molar-refractivity contribution in [1.29, 1.82) is 0 Å². The van der Waals surface area contributed by atoms with Gasteiger partial charge in [-0.1, -0.05) is 24.3 Å². The number of nitrogens with zero attached hydrogens (tertiary/aromatic N) is 2. The Kier molecular flexibility index (Phi) is 6.43. The van der Waals surface area contributed by atoms with E-state index in [0.29, 0.717) is 0 Å². The number of carboxylic acid groups (broad SMARTS) is 1. The number of nitrogens with one attached hydrogen (secondary N) is 2. The van der Waals surface area contributed by atoms with Crippen LogP contribution in [0, 0.1) is 12.8 Å². The summed E-state index contributed by atoms with van der Waals surface area (Å²) >= 11 is 1.58. The lowest BCUT2D eigenvalue weighted by molar-refractivity contribution is -0.140. The van der Waals surface area contributed by atoms with Crippen molar-refractivity contribution < 1.29 is 24.6 Å². The summed E-state index contributed by atoms with van der Waals surface area (Å²) in [5.74, 6) is -0.862. The molecule has 1 aliphatic heterocycles. The summed E-state index contributed by atoms with van der Waals surface area (Å²) in [6.45, 7) is 2.27. The Balaban J connectivity index is 1.39. The van der Waals surface area contributed by atoms with E-state index in [1.165, 1.54) is 4.90 Å². The van der Waals surface area contributed by atoms with Gasteiger partial charge in [0.2, 0.25) is 11.8 Å². The SMILES string of the molecule is Cc1ncsc1-c1ccc(CNC(=O)[C@@H]2C[C@@H](O)CN2C(=O)[C@@H](NC(=O)O)C2CC2)cc1. The number of hydrogen-bond donors (Lipinski definition) is 4. The zero-order chi connectivity index (χ0) is 22.8. The van der Waals surface area contributed by atoms with E-state index in [2.05, 4.69) is 15.6 Å². The van der Waals surface area contributed by atoms with Gasteiger partial charge < -0.3 is 25.7 Å². The summed E-state index contributed by atoms with van der Waals surface area (Å²) in [5, 5.41) is 24.3. The fourth-order valence-electron chi connectivity index (χ4n) is 4.09. The van der Waals surface area contributed by atoms with Crippen LogP contribution < -0.4 is 10.6 Å². The summed E-state index contributed by atoms with van der Waals surface area (Å²) < 4.78 is 0. The van der Waals surface area contributed by atoms with Crippen LogP contribution in [0.4, 0.5) is 4.79 Å². The molecule has 0 unspecified atom stereocenters. The molecule has 3 atom stereocenters. The molecule has 9 nitrogen and oxygen atoms in total. The van der Waals surface area contributed by atoms with Crippen LogP contribution in [0.2, 0.25) is 0 Å². The minimum Gasteiger partial charge on any atom is -0.465 e. The highest BCUT2D eigenvalue weighted by molar-refractivity contribution is 7.13. The van der Waals surface area contributed by atoms with Crippen molar-refractivity contribution in [3.8, 4) is 10.4 Å². The lowest BCUT2D eigenvalue weighted by Crippen LogP contribution is -2.54. The number of carbonyl (C=O) groups excluding carboxylic acids is 2. The van der Waals surface area contributed by atoms with E-state index in [9.17, 15) is 19.5 Å². The molecule has 1 saturated heterocycles. The molecule has 2 aliphatic rings. The second-order valence-corrected chi connectivity index (χ2v) is 9.20. The number of amides is 3. The molecule has 10 heteroatoms. The summed E-state index contributed by atoms with van der Waals surface area (Å²) in [5.41, 5.74) is 4.75. The Hall–Kier alpha value is -2.98. The number of likely N-dealkylation sites (tertiary alicyclic amines) is 1. The summed E-state index contributed by atoms with van der Waals surface area (Å²) in [7, 11) is 0. The number of aliphatic hydroxyl groups excluding tert-OH is 1. The van der Waals surface area contributed by atoms with Gasteiger partial charge in [0.15, 0.2) is 0 Å². The highest BCUT2D eigenvalue weighted by atomic mass is 32.1. The number of thiazole rings is 1. The molecule has 170 valence electrons. The van der Waals surface area contributed by atoms with Gasteiger partial charge in [0.1, 0.15) is 12.1 Å². The lowest BCUT2D eigenvalue weighted by Gasteiger charge is -2.28. The zero-order valence-electron chi connectivity index (χ0n) is 17.7. The van der Waals surface area contributed by atoms with Gasteiger partial charge >= 0.3 is 6.09 Å². The number of carbonyl (C=O) groups is 3. The van der Waals surface area contributed by atoms with Crippen LogP contribution in [0.15, 0.2) is 29.8 Å². The molecule has 0 bridgehead atoms. The molecule has 1 aromatic carbocycles. The van der Waals surface area contributed by atoms with E-state index >= 15 is 0 Å². The van der Waals surface area contributed by atoms with Gasteiger partial charge in [0, 0.05) is 19.5 Å². The maximum atomic E-state index is 13.0. The second-order valence-electron chi connectivity index (χ2n) is 8.34. The molecular weight excluding hydrogens is 432 g/mol. The molecule has 1 aromatic heterocycles. The summed E-state index contributed by atoms with van der Waals surface area (Å²) in [6.07, 6.45) is -0.428. The van der Waals surface area contributed by atoms with Gasteiger partial charge in [-0.15, -0.1) is 11.3 Å². The highest BCUT2D eigenvalue weighted by Crippen LogP contribution is 2.34. The third-order valence-corrected chi connectivity index (χ3v) is 6.91. The van der Waals surface area contributed by atoms with Crippen LogP contribution in [0.5, 0.6) is 0 Å². The molecule has 4 rings (SSSR count). The molecule has 32 heavy (non-hydrogen) atoms. The first-order valence-corrected chi connectivity index (χ1v) is 11.5. The van der Waals surface area contributed by atoms with Crippen molar-refractivity contribution in [3.05, 3.63) is 41.0 Å². The van der Waals surface area contributed by atoms with Gasteiger partial charge in [-0.2, -0.15) is 0 Å². The molecule has 0 radical (unpaired) electrons. The molecule has 0 spiro atoms. The van der Waals surface area contributed by atoms with Crippen LogP contribution in [0.3, 0.4) is 0 Å². The smallest absolute Gasteiger partial charge is 0.405 e. The number of β-amino-alcohol motifs (C(OH)–C–C–N with tert-alkyl or cyclic N) is 1. The molecule has 1 saturated carbocycles. The normalized spacial score (nSPS) is 21.2. The Morgan fingerprint density at radius 3 is 2.56 bits per heavy atom. The fourth-order valence-corrected chi connectivity index (χ4v) is 4.90. The quantitative estimate of drug-likeness (QED) is 0.500. The third kappa shape index (κ3) is 4.91. The number of hydrogen-bond acceptors (Lipinski definition) is 6. The summed E-state index contributed by atoms with van der Waals surface area (Å²) in [6, 6.07) is 6.12. The van der Waals surface area contributed by atoms with Gasteiger partial charge in [0.05, 0.1) is 22.2 Å². The van der Waals surface area contributed by atoms with E-state index in [1.54, 1.807) is 11.3 Å². The van der Waals surface area contributed by atoms with Crippen molar-refractivity contribution in [2.45, 2.75) is 50.9 Å². The molecule has 3 amide bonds. The standard InChI is InChI=1S/C22H26N4O5S/c1-12-19(32-11-24-12)15-4-2-13(3-5-15)9-23-20(28)17-8-16(27)10-26(17)21(29)18(14-6-7-14)25-22(30)31/h2-5,11,14,16-18,25,27H,6-10H2,1H3,(H,23,28)(H,30,31)/t16-,17+,18+/m1/s1. The number of aromatic nitrogens is 1.